The van der Waals surface area contributed by atoms with Crippen LogP contribution in [0.25, 0.3) is 0 Å². The summed E-state index contributed by atoms with van der Waals surface area (Å²) in [5, 5.41) is 31.0. The maximum absolute atomic E-state index is 10.7. The highest BCUT2D eigenvalue weighted by molar-refractivity contribution is 7.71. The number of aromatic amines is 1. The Balaban J connectivity index is 2.41. The lowest BCUT2D eigenvalue weighted by molar-refractivity contribution is -0.384. The fourth-order valence-electron chi connectivity index (χ4n) is 1.55. The molecule has 1 heterocycles. The number of hydrogen-bond acceptors (Lipinski definition) is 6. The van der Waals surface area contributed by atoms with Gasteiger partial charge in [-0.1, -0.05) is 6.92 Å². The Morgan fingerprint density at radius 2 is 2.40 bits per heavy atom. The van der Waals surface area contributed by atoms with Crippen LogP contribution in [-0.2, 0) is 6.42 Å². The zero-order valence-corrected chi connectivity index (χ0v) is 11.3. The number of nitrogens with one attached hydrogen (secondary N) is 1. The van der Waals surface area contributed by atoms with Gasteiger partial charge in [0.1, 0.15) is 5.75 Å². The van der Waals surface area contributed by atoms with Crippen LogP contribution < -0.4 is 0 Å². The van der Waals surface area contributed by atoms with E-state index in [0.29, 0.717) is 17.0 Å². The zero-order chi connectivity index (χ0) is 14.7. The van der Waals surface area contributed by atoms with Crippen LogP contribution in [0.15, 0.2) is 23.3 Å². The van der Waals surface area contributed by atoms with Gasteiger partial charge >= 0.3 is 0 Å². The predicted molar refractivity (Wildman–Crippen MR) is 74.5 cm³/mol. The maximum Gasteiger partial charge on any atom is 0.270 e. The summed E-state index contributed by atoms with van der Waals surface area (Å²) >= 11 is 5.02. The first-order valence-corrected chi connectivity index (χ1v) is 6.11. The molecule has 9 heteroatoms. The van der Waals surface area contributed by atoms with Gasteiger partial charge in [0.25, 0.3) is 5.69 Å². The van der Waals surface area contributed by atoms with Crippen LogP contribution in [0.4, 0.5) is 5.69 Å². The number of nitro groups is 1. The standard InChI is InChI=1S/C11H11N5O3S/c1-2-10-13-14-11(20)15(10)12-6-7-5-8(16(18)19)3-4-9(7)17/h3-6,17H,2H2,1H3,(H,14,20)/b12-6+. The van der Waals surface area contributed by atoms with Crippen LogP contribution in [-0.4, -0.2) is 31.1 Å². The fourth-order valence-corrected chi connectivity index (χ4v) is 1.75. The molecule has 1 aromatic heterocycles. The van der Waals surface area contributed by atoms with E-state index >= 15 is 0 Å². The number of phenols is 1. The number of non-ortho nitro benzene ring substituents is 1. The summed E-state index contributed by atoms with van der Waals surface area (Å²) in [6.45, 7) is 1.89. The first-order valence-electron chi connectivity index (χ1n) is 5.71. The van der Waals surface area contributed by atoms with E-state index in [1.807, 2.05) is 6.92 Å². The Bertz CT molecular complexity index is 734. The highest BCUT2D eigenvalue weighted by Crippen LogP contribution is 2.21. The molecule has 2 rings (SSSR count). The van der Waals surface area contributed by atoms with Crippen LogP contribution in [0.5, 0.6) is 5.75 Å². The molecule has 104 valence electrons. The van der Waals surface area contributed by atoms with Crippen molar-refractivity contribution in [2.45, 2.75) is 13.3 Å². The third kappa shape index (κ3) is 2.72. The van der Waals surface area contributed by atoms with Gasteiger partial charge in [-0.3, -0.25) is 15.2 Å². The molecule has 8 nitrogen and oxygen atoms in total. The van der Waals surface area contributed by atoms with Crippen LogP contribution in [0.1, 0.15) is 18.3 Å². The van der Waals surface area contributed by atoms with Gasteiger partial charge < -0.3 is 5.11 Å². The largest absolute Gasteiger partial charge is 0.507 e. The number of hydrogen-bond donors (Lipinski definition) is 2. The van der Waals surface area contributed by atoms with Gasteiger partial charge in [0, 0.05) is 24.1 Å². The lowest BCUT2D eigenvalue weighted by Crippen LogP contribution is -1.98. The summed E-state index contributed by atoms with van der Waals surface area (Å²) in [5.41, 5.74) is 0.0973. The highest BCUT2D eigenvalue weighted by atomic mass is 32.1. The van der Waals surface area contributed by atoms with Gasteiger partial charge in [-0.15, -0.1) is 0 Å². The number of phenolic OH excluding ortho intramolecular Hbond substituents is 1. The average Bonchev–Trinajstić information content (AvgIpc) is 2.78. The number of aromatic nitrogens is 3. The van der Waals surface area contributed by atoms with E-state index in [4.69, 9.17) is 12.2 Å². The van der Waals surface area contributed by atoms with Gasteiger partial charge in [-0.05, 0) is 18.3 Å². The second-order valence-corrected chi connectivity index (χ2v) is 4.24. The third-order valence-corrected chi connectivity index (χ3v) is 2.83. The van der Waals surface area contributed by atoms with Gasteiger partial charge in [-0.25, -0.2) is 0 Å². The minimum Gasteiger partial charge on any atom is -0.507 e. The molecule has 0 unspecified atom stereocenters. The number of rotatable bonds is 4. The molecule has 0 atom stereocenters. The van der Waals surface area contributed by atoms with Crippen LogP contribution in [0.2, 0.25) is 0 Å². The first-order chi connectivity index (χ1) is 9.52. The van der Waals surface area contributed by atoms with Gasteiger partial charge in [0.15, 0.2) is 5.82 Å². The number of aromatic hydroxyl groups is 1. The summed E-state index contributed by atoms with van der Waals surface area (Å²) in [6.07, 6.45) is 1.91. The van der Waals surface area contributed by atoms with Gasteiger partial charge in [0.05, 0.1) is 11.1 Å². The average molecular weight is 293 g/mol. The van der Waals surface area contributed by atoms with E-state index in [2.05, 4.69) is 15.3 Å². The molecule has 0 fully saturated rings. The molecule has 0 saturated carbocycles. The number of H-pyrrole nitrogens is 1. The zero-order valence-electron chi connectivity index (χ0n) is 10.5. The normalized spacial score (nSPS) is 11.1. The maximum atomic E-state index is 10.7. The lowest BCUT2D eigenvalue weighted by Gasteiger charge is -2.00. The predicted octanol–water partition coefficient (Wildman–Crippen LogP) is 2.00. The summed E-state index contributed by atoms with van der Waals surface area (Å²) in [4.78, 5) is 10.2. The SMILES string of the molecule is CCc1n[nH]c(=S)n1/N=C/c1cc([N+](=O)[O-])ccc1O. The number of aryl methyl sites for hydroxylation is 1. The van der Waals surface area contributed by atoms with Crippen molar-refractivity contribution in [2.75, 3.05) is 0 Å². The number of nitro benzene ring substituents is 1. The third-order valence-electron chi connectivity index (χ3n) is 2.57. The highest BCUT2D eigenvalue weighted by Gasteiger charge is 2.09. The lowest BCUT2D eigenvalue weighted by atomic mass is 10.2. The van der Waals surface area contributed by atoms with Crippen molar-refractivity contribution < 1.29 is 10.0 Å². The number of benzene rings is 1. The smallest absolute Gasteiger partial charge is 0.270 e. The van der Waals surface area contributed by atoms with Crippen molar-refractivity contribution in [1.29, 1.82) is 0 Å². The molecule has 0 aliphatic rings. The molecular formula is C11H11N5O3S. The van der Waals surface area contributed by atoms with E-state index in [9.17, 15) is 15.2 Å². The molecule has 0 saturated heterocycles. The summed E-state index contributed by atoms with van der Waals surface area (Å²) in [5.74, 6) is 0.517. The Labute approximate surface area is 118 Å². The molecule has 0 aliphatic heterocycles. The Morgan fingerprint density at radius 3 is 3.05 bits per heavy atom. The van der Waals surface area contributed by atoms with E-state index < -0.39 is 4.92 Å². The van der Waals surface area contributed by atoms with Crippen molar-refractivity contribution in [1.82, 2.24) is 14.9 Å². The van der Waals surface area contributed by atoms with Crippen LogP contribution >= 0.6 is 12.2 Å². The molecule has 0 bridgehead atoms. The molecule has 2 aromatic rings. The van der Waals surface area contributed by atoms with Gasteiger partial charge in [-0.2, -0.15) is 14.9 Å². The quantitative estimate of drug-likeness (QED) is 0.388. The second-order valence-electron chi connectivity index (χ2n) is 3.86. The van der Waals surface area contributed by atoms with E-state index in [0.717, 1.165) is 0 Å². The second kappa shape index (κ2) is 5.61. The van der Waals surface area contributed by atoms with Crippen LogP contribution in [0, 0.1) is 14.9 Å². The van der Waals surface area contributed by atoms with Crippen molar-refractivity contribution in [3.05, 3.63) is 44.5 Å². The monoisotopic (exact) mass is 293 g/mol. The fraction of sp³-hybridized carbons (Fsp3) is 0.182. The Hall–Kier alpha value is -2.55. The minimum absolute atomic E-state index is 0.104. The van der Waals surface area contributed by atoms with Crippen LogP contribution in [0.3, 0.4) is 0 Å². The van der Waals surface area contributed by atoms with Crippen molar-refractivity contribution in [3.8, 4) is 5.75 Å². The van der Waals surface area contributed by atoms with Crippen molar-refractivity contribution in [2.24, 2.45) is 5.10 Å². The van der Waals surface area contributed by atoms with E-state index in [1.54, 1.807) is 0 Å². The molecular weight excluding hydrogens is 282 g/mol. The molecule has 1 aromatic carbocycles. The Kier molecular flexibility index (Phi) is 3.89. The first kappa shape index (κ1) is 13.9. The molecule has 20 heavy (non-hydrogen) atoms. The van der Waals surface area contributed by atoms with Gasteiger partial charge in [0.2, 0.25) is 4.77 Å². The molecule has 0 aliphatic carbocycles. The van der Waals surface area contributed by atoms with Crippen molar-refractivity contribution in [3.63, 3.8) is 0 Å². The van der Waals surface area contributed by atoms with Crippen molar-refractivity contribution >= 4 is 24.1 Å². The summed E-state index contributed by atoms with van der Waals surface area (Å²) in [7, 11) is 0. The molecule has 0 spiro atoms. The Morgan fingerprint density at radius 1 is 1.65 bits per heavy atom. The summed E-state index contributed by atoms with van der Waals surface area (Å²) in [6, 6.07) is 3.69. The van der Waals surface area contributed by atoms with E-state index in [-0.39, 0.29) is 17.0 Å². The topological polar surface area (TPSA) is 109 Å². The number of nitrogens with zero attached hydrogens (tertiary/aromatic N) is 4. The molecule has 0 amide bonds. The van der Waals surface area contributed by atoms with E-state index in [1.165, 1.54) is 29.1 Å². The summed E-state index contributed by atoms with van der Waals surface area (Å²) < 4.78 is 1.70. The molecule has 2 N–H and O–H groups in total. The minimum atomic E-state index is -0.544. The molecule has 0 radical (unpaired) electrons.